The van der Waals surface area contributed by atoms with Crippen LogP contribution in [0.1, 0.15) is 54.2 Å². The number of hydrogen-bond acceptors (Lipinski definition) is 4. The number of nitrogens with one attached hydrogen (secondary N) is 1. The Balaban J connectivity index is 1.84. The molecule has 7 heteroatoms. The number of carbonyl (C=O) groups excluding carboxylic acids is 2. The molecule has 3 heterocycles. The topological polar surface area (TPSA) is 97.3 Å². The first-order valence-electron chi connectivity index (χ1n) is 9.10. The molecule has 1 aromatic rings. The third kappa shape index (κ3) is 3.24. The third-order valence-corrected chi connectivity index (χ3v) is 5.67. The van der Waals surface area contributed by atoms with E-state index in [9.17, 15) is 14.4 Å². The number of nitrogens with zero attached hydrogens (tertiary/aromatic N) is 3. The molecule has 0 aromatic carbocycles. The van der Waals surface area contributed by atoms with Crippen molar-refractivity contribution in [2.75, 3.05) is 26.2 Å². The van der Waals surface area contributed by atoms with E-state index >= 15 is 0 Å². The molecule has 0 saturated carbocycles. The molecule has 1 aromatic heterocycles. The minimum atomic E-state index is -0.471. The number of H-pyrrole nitrogens is 1. The van der Waals surface area contributed by atoms with Gasteiger partial charge in [0.25, 0.3) is 11.5 Å². The SMILES string of the molecule is CCN1CC2(CCCN(C(=O)c3cc(C#N)c(=O)[nH]c3C)C2)CCC1=O. The lowest BCUT2D eigenvalue weighted by molar-refractivity contribution is -0.138. The lowest BCUT2D eigenvalue weighted by atomic mass is 9.73. The molecule has 26 heavy (non-hydrogen) atoms. The fourth-order valence-electron chi connectivity index (χ4n) is 4.20. The Bertz CT molecular complexity index is 838. The zero-order valence-electron chi connectivity index (χ0n) is 15.3. The van der Waals surface area contributed by atoms with Gasteiger partial charge in [0.05, 0.1) is 5.56 Å². The number of pyridine rings is 1. The number of aromatic nitrogens is 1. The minimum Gasteiger partial charge on any atom is -0.342 e. The highest BCUT2D eigenvalue weighted by Crippen LogP contribution is 2.39. The van der Waals surface area contributed by atoms with Crippen molar-refractivity contribution in [1.82, 2.24) is 14.8 Å². The summed E-state index contributed by atoms with van der Waals surface area (Å²) >= 11 is 0. The molecule has 2 fully saturated rings. The number of likely N-dealkylation sites (tertiary alicyclic amines) is 2. The largest absolute Gasteiger partial charge is 0.342 e. The fourth-order valence-corrected chi connectivity index (χ4v) is 4.20. The first kappa shape index (κ1) is 18.2. The Hall–Kier alpha value is -2.62. The highest BCUT2D eigenvalue weighted by Gasteiger charge is 2.42. The van der Waals surface area contributed by atoms with E-state index < -0.39 is 5.56 Å². The van der Waals surface area contributed by atoms with Gasteiger partial charge in [0.15, 0.2) is 0 Å². The second-order valence-electron chi connectivity index (χ2n) is 7.40. The van der Waals surface area contributed by atoms with Crippen molar-refractivity contribution in [3.05, 3.63) is 33.2 Å². The average Bonchev–Trinajstić information content (AvgIpc) is 2.64. The summed E-state index contributed by atoms with van der Waals surface area (Å²) in [5.41, 5.74) is 0.281. The number of nitriles is 1. The summed E-state index contributed by atoms with van der Waals surface area (Å²) in [6.45, 7) is 6.31. The molecular weight excluding hydrogens is 332 g/mol. The van der Waals surface area contributed by atoms with Gasteiger partial charge in [0.2, 0.25) is 5.91 Å². The molecule has 0 aliphatic carbocycles. The molecule has 0 bridgehead atoms. The molecule has 2 aliphatic rings. The molecule has 1 N–H and O–H groups in total. The van der Waals surface area contributed by atoms with Crippen molar-refractivity contribution in [3.8, 4) is 6.07 Å². The highest BCUT2D eigenvalue weighted by molar-refractivity contribution is 5.95. The van der Waals surface area contributed by atoms with Gasteiger partial charge in [-0.15, -0.1) is 0 Å². The molecule has 3 rings (SSSR count). The maximum Gasteiger partial charge on any atom is 0.266 e. The normalized spacial score (nSPS) is 23.2. The van der Waals surface area contributed by atoms with Crippen LogP contribution in [0.2, 0.25) is 0 Å². The van der Waals surface area contributed by atoms with E-state index in [2.05, 4.69) is 4.98 Å². The first-order valence-corrected chi connectivity index (χ1v) is 9.10. The summed E-state index contributed by atoms with van der Waals surface area (Å²) in [6, 6.07) is 3.23. The molecular formula is C19H24N4O3. The summed E-state index contributed by atoms with van der Waals surface area (Å²) in [7, 11) is 0. The van der Waals surface area contributed by atoms with Gasteiger partial charge in [-0.05, 0) is 39.2 Å². The molecule has 2 aliphatic heterocycles. The average molecular weight is 356 g/mol. The first-order chi connectivity index (χ1) is 12.4. The van der Waals surface area contributed by atoms with Crippen LogP contribution in [-0.4, -0.2) is 52.8 Å². The Labute approximate surface area is 152 Å². The number of aromatic amines is 1. The number of aryl methyl sites for hydroxylation is 1. The Kier molecular flexibility index (Phi) is 4.86. The van der Waals surface area contributed by atoms with Gasteiger partial charge in [-0.1, -0.05) is 0 Å². The summed E-state index contributed by atoms with van der Waals surface area (Å²) in [4.78, 5) is 43.1. The predicted molar refractivity (Wildman–Crippen MR) is 95.6 cm³/mol. The zero-order chi connectivity index (χ0) is 18.9. The smallest absolute Gasteiger partial charge is 0.266 e. The van der Waals surface area contributed by atoms with E-state index in [0.717, 1.165) is 19.3 Å². The van der Waals surface area contributed by atoms with Crippen molar-refractivity contribution in [1.29, 1.82) is 5.26 Å². The molecule has 1 unspecified atom stereocenters. The lowest BCUT2D eigenvalue weighted by Gasteiger charge is -2.48. The number of piperidine rings is 2. The number of hydrogen-bond donors (Lipinski definition) is 1. The fraction of sp³-hybridized carbons (Fsp3) is 0.579. The highest BCUT2D eigenvalue weighted by atomic mass is 16.2. The van der Waals surface area contributed by atoms with Crippen molar-refractivity contribution >= 4 is 11.8 Å². The lowest BCUT2D eigenvalue weighted by Crippen LogP contribution is -2.55. The monoisotopic (exact) mass is 356 g/mol. The second kappa shape index (κ2) is 6.94. The van der Waals surface area contributed by atoms with Crippen LogP contribution in [0.4, 0.5) is 0 Å². The van der Waals surface area contributed by atoms with Crippen LogP contribution in [0.15, 0.2) is 10.9 Å². The summed E-state index contributed by atoms with van der Waals surface area (Å²) < 4.78 is 0. The van der Waals surface area contributed by atoms with Crippen LogP contribution in [0.3, 0.4) is 0 Å². The van der Waals surface area contributed by atoms with Crippen LogP contribution in [0.5, 0.6) is 0 Å². The van der Waals surface area contributed by atoms with Gasteiger partial charge in [-0.3, -0.25) is 14.4 Å². The molecule has 0 radical (unpaired) electrons. The van der Waals surface area contributed by atoms with E-state index in [1.165, 1.54) is 6.07 Å². The Morgan fingerprint density at radius 3 is 2.81 bits per heavy atom. The van der Waals surface area contributed by atoms with Crippen molar-refractivity contribution in [3.63, 3.8) is 0 Å². The molecule has 1 spiro atoms. The van der Waals surface area contributed by atoms with Crippen LogP contribution in [-0.2, 0) is 4.79 Å². The summed E-state index contributed by atoms with van der Waals surface area (Å²) in [5.74, 6) is 0.0333. The van der Waals surface area contributed by atoms with E-state index in [1.807, 2.05) is 22.8 Å². The quantitative estimate of drug-likeness (QED) is 0.866. The molecule has 2 amide bonds. The third-order valence-electron chi connectivity index (χ3n) is 5.67. The summed E-state index contributed by atoms with van der Waals surface area (Å²) in [6.07, 6.45) is 3.24. The Morgan fingerprint density at radius 2 is 2.12 bits per heavy atom. The molecule has 138 valence electrons. The van der Waals surface area contributed by atoms with Crippen LogP contribution >= 0.6 is 0 Å². The van der Waals surface area contributed by atoms with Gasteiger partial charge in [-0.25, -0.2) is 0 Å². The number of rotatable bonds is 2. The standard InChI is InChI=1S/C19H24N4O3/c1-3-22-11-19(7-5-16(22)24)6-4-8-23(12-19)18(26)15-9-14(10-20)17(25)21-13(15)2/h9H,3-8,11-12H2,1-2H3,(H,21,25). The van der Waals surface area contributed by atoms with Crippen molar-refractivity contribution in [2.24, 2.45) is 5.41 Å². The second-order valence-corrected chi connectivity index (χ2v) is 7.40. The van der Waals surface area contributed by atoms with Crippen LogP contribution < -0.4 is 5.56 Å². The van der Waals surface area contributed by atoms with E-state index in [4.69, 9.17) is 5.26 Å². The van der Waals surface area contributed by atoms with Crippen LogP contribution in [0, 0.1) is 23.7 Å². The van der Waals surface area contributed by atoms with E-state index in [-0.39, 0.29) is 22.8 Å². The van der Waals surface area contributed by atoms with Gasteiger partial charge >= 0.3 is 0 Å². The number of carbonyl (C=O) groups is 2. The minimum absolute atomic E-state index is 0.0496. The van der Waals surface area contributed by atoms with Crippen molar-refractivity contribution < 1.29 is 9.59 Å². The maximum absolute atomic E-state index is 13.1. The van der Waals surface area contributed by atoms with E-state index in [0.29, 0.717) is 43.9 Å². The predicted octanol–water partition coefficient (Wildman–Crippen LogP) is 1.42. The molecule has 7 nitrogen and oxygen atoms in total. The Morgan fingerprint density at radius 1 is 1.35 bits per heavy atom. The zero-order valence-corrected chi connectivity index (χ0v) is 15.3. The maximum atomic E-state index is 13.1. The molecule has 2 saturated heterocycles. The van der Waals surface area contributed by atoms with Gasteiger partial charge in [0, 0.05) is 43.7 Å². The number of amides is 2. The van der Waals surface area contributed by atoms with Gasteiger partial charge < -0.3 is 14.8 Å². The van der Waals surface area contributed by atoms with E-state index in [1.54, 1.807) is 6.92 Å². The summed E-state index contributed by atoms with van der Waals surface area (Å²) in [5, 5.41) is 9.07. The van der Waals surface area contributed by atoms with Crippen LogP contribution in [0.25, 0.3) is 0 Å². The van der Waals surface area contributed by atoms with Gasteiger partial charge in [0.1, 0.15) is 11.6 Å². The van der Waals surface area contributed by atoms with Gasteiger partial charge in [-0.2, -0.15) is 5.26 Å². The molecule has 1 atom stereocenters. The van der Waals surface area contributed by atoms with Crippen molar-refractivity contribution in [2.45, 2.75) is 39.5 Å².